The number of rotatable bonds is 5. The summed E-state index contributed by atoms with van der Waals surface area (Å²) in [5.41, 5.74) is 8.38. The summed E-state index contributed by atoms with van der Waals surface area (Å²) in [6.07, 6.45) is 3.96. The number of benzene rings is 1. The van der Waals surface area contributed by atoms with Gasteiger partial charge in [0.2, 0.25) is 0 Å². The van der Waals surface area contributed by atoms with Crippen LogP contribution in [0.4, 0.5) is 0 Å². The van der Waals surface area contributed by atoms with Crippen molar-refractivity contribution < 1.29 is 4.74 Å². The van der Waals surface area contributed by atoms with Crippen molar-refractivity contribution in [1.29, 1.82) is 0 Å². The maximum absolute atomic E-state index is 6.09. The molecule has 0 saturated carbocycles. The number of H-pyrrole nitrogens is 1. The van der Waals surface area contributed by atoms with E-state index in [2.05, 4.69) is 24.9 Å². The molecule has 92 valence electrons. The highest BCUT2D eigenvalue weighted by atomic mass is 16.5. The van der Waals surface area contributed by atoms with E-state index in [9.17, 15) is 0 Å². The number of aromatic nitrogens is 1. The number of hydrogen-bond acceptors (Lipinski definition) is 2. The molecule has 17 heavy (non-hydrogen) atoms. The van der Waals surface area contributed by atoms with Crippen LogP contribution in [0.1, 0.15) is 38.3 Å². The number of ether oxygens (including phenoxy) is 1. The van der Waals surface area contributed by atoms with E-state index in [0.717, 1.165) is 30.7 Å². The summed E-state index contributed by atoms with van der Waals surface area (Å²) in [6.45, 7) is 4.96. The largest absolute Gasteiger partial charge is 0.494 e. The van der Waals surface area contributed by atoms with Crippen LogP contribution in [0.5, 0.6) is 5.75 Å². The van der Waals surface area contributed by atoms with Gasteiger partial charge in [-0.15, -0.1) is 0 Å². The van der Waals surface area contributed by atoms with E-state index in [1.165, 1.54) is 10.9 Å². The van der Waals surface area contributed by atoms with Gasteiger partial charge < -0.3 is 15.5 Å². The fourth-order valence-electron chi connectivity index (χ4n) is 1.96. The van der Waals surface area contributed by atoms with Crippen molar-refractivity contribution in [3.05, 3.63) is 30.0 Å². The SMILES string of the molecule is CCCOc1ccc2[nH]cc([C@@H](N)CC)c2c1. The molecule has 0 bridgehead atoms. The summed E-state index contributed by atoms with van der Waals surface area (Å²) >= 11 is 0. The Morgan fingerprint density at radius 1 is 1.35 bits per heavy atom. The Bertz CT molecular complexity index is 490. The lowest BCUT2D eigenvalue weighted by molar-refractivity contribution is 0.318. The zero-order valence-electron chi connectivity index (χ0n) is 10.5. The van der Waals surface area contributed by atoms with Crippen LogP contribution in [-0.2, 0) is 0 Å². The van der Waals surface area contributed by atoms with Gasteiger partial charge in [-0.3, -0.25) is 0 Å². The third-order valence-corrected chi connectivity index (χ3v) is 3.00. The topological polar surface area (TPSA) is 51.0 Å². The molecular formula is C14H20N2O. The minimum Gasteiger partial charge on any atom is -0.494 e. The predicted octanol–water partition coefficient (Wildman–Crippen LogP) is 3.37. The normalized spacial score (nSPS) is 12.9. The molecule has 1 heterocycles. The van der Waals surface area contributed by atoms with Gasteiger partial charge in [-0.1, -0.05) is 13.8 Å². The fraction of sp³-hybridized carbons (Fsp3) is 0.429. The van der Waals surface area contributed by atoms with Gasteiger partial charge in [0.15, 0.2) is 0 Å². The number of hydrogen-bond donors (Lipinski definition) is 2. The van der Waals surface area contributed by atoms with Crippen LogP contribution < -0.4 is 10.5 Å². The Morgan fingerprint density at radius 2 is 2.18 bits per heavy atom. The molecule has 1 aromatic heterocycles. The lowest BCUT2D eigenvalue weighted by Crippen LogP contribution is -2.07. The Hall–Kier alpha value is -1.48. The summed E-state index contributed by atoms with van der Waals surface area (Å²) in [7, 11) is 0. The maximum Gasteiger partial charge on any atom is 0.120 e. The molecule has 3 heteroatoms. The molecule has 0 aliphatic carbocycles. The minimum absolute atomic E-state index is 0.0881. The third-order valence-electron chi connectivity index (χ3n) is 3.00. The zero-order chi connectivity index (χ0) is 12.3. The molecule has 0 aliphatic rings. The molecule has 1 aromatic carbocycles. The second-order valence-corrected chi connectivity index (χ2v) is 4.31. The van der Waals surface area contributed by atoms with Gasteiger partial charge in [-0.2, -0.15) is 0 Å². The number of nitrogens with two attached hydrogens (primary N) is 1. The summed E-state index contributed by atoms with van der Waals surface area (Å²) < 4.78 is 5.65. The van der Waals surface area contributed by atoms with Gasteiger partial charge in [0.05, 0.1) is 6.61 Å². The third kappa shape index (κ3) is 2.44. The molecule has 1 atom stereocenters. The van der Waals surface area contributed by atoms with Gasteiger partial charge in [0, 0.05) is 23.1 Å². The molecule has 0 saturated heterocycles. The highest BCUT2D eigenvalue weighted by molar-refractivity contribution is 5.85. The molecule has 2 aromatic rings. The molecule has 0 fully saturated rings. The number of nitrogens with one attached hydrogen (secondary N) is 1. The molecule has 0 radical (unpaired) electrons. The van der Waals surface area contributed by atoms with Crippen LogP contribution in [-0.4, -0.2) is 11.6 Å². The molecule has 0 aliphatic heterocycles. The highest BCUT2D eigenvalue weighted by Gasteiger charge is 2.10. The average Bonchev–Trinajstić information content (AvgIpc) is 2.78. The van der Waals surface area contributed by atoms with Gasteiger partial charge >= 0.3 is 0 Å². The van der Waals surface area contributed by atoms with E-state index in [1.807, 2.05) is 18.3 Å². The Morgan fingerprint density at radius 3 is 2.88 bits per heavy atom. The quantitative estimate of drug-likeness (QED) is 0.830. The van der Waals surface area contributed by atoms with Crippen LogP contribution in [0.25, 0.3) is 10.9 Å². The molecule has 2 rings (SSSR count). The highest BCUT2D eigenvalue weighted by Crippen LogP contribution is 2.28. The first-order chi connectivity index (χ1) is 8.26. The lowest BCUT2D eigenvalue weighted by Gasteiger charge is -2.08. The first kappa shape index (κ1) is 12.0. The van der Waals surface area contributed by atoms with Gasteiger partial charge in [-0.05, 0) is 36.6 Å². The number of aromatic amines is 1. The summed E-state index contributed by atoms with van der Waals surface area (Å²) in [4.78, 5) is 3.25. The molecule has 3 nitrogen and oxygen atoms in total. The van der Waals surface area contributed by atoms with Crippen LogP contribution >= 0.6 is 0 Å². The van der Waals surface area contributed by atoms with Gasteiger partial charge in [0.25, 0.3) is 0 Å². The molecular weight excluding hydrogens is 212 g/mol. The standard InChI is InChI=1S/C14H20N2O/c1-3-7-17-10-5-6-14-11(8-10)12(9-16-14)13(15)4-2/h5-6,8-9,13,16H,3-4,7,15H2,1-2H3/t13-/m0/s1. The zero-order valence-corrected chi connectivity index (χ0v) is 10.5. The first-order valence-corrected chi connectivity index (χ1v) is 6.25. The fourth-order valence-corrected chi connectivity index (χ4v) is 1.96. The summed E-state index contributed by atoms with van der Waals surface area (Å²) in [6, 6.07) is 6.21. The van der Waals surface area contributed by atoms with Crippen molar-refractivity contribution in [3.8, 4) is 5.75 Å². The second-order valence-electron chi connectivity index (χ2n) is 4.31. The van der Waals surface area contributed by atoms with E-state index in [0.29, 0.717) is 0 Å². The van der Waals surface area contributed by atoms with Crippen molar-refractivity contribution in [1.82, 2.24) is 4.98 Å². The van der Waals surface area contributed by atoms with Crippen molar-refractivity contribution >= 4 is 10.9 Å². The minimum atomic E-state index is 0.0881. The van der Waals surface area contributed by atoms with Crippen LogP contribution in [0.2, 0.25) is 0 Å². The van der Waals surface area contributed by atoms with Crippen molar-refractivity contribution in [2.24, 2.45) is 5.73 Å². The van der Waals surface area contributed by atoms with Gasteiger partial charge in [-0.25, -0.2) is 0 Å². The summed E-state index contributed by atoms with van der Waals surface area (Å²) in [5.74, 6) is 0.920. The van der Waals surface area contributed by atoms with Crippen molar-refractivity contribution in [2.45, 2.75) is 32.7 Å². The Labute approximate surface area is 102 Å². The monoisotopic (exact) mass is 232 g/mol. The average molecular weight is 232 g/mol. The molecule has 0 unspecified atom stereocenters. The van der Waals surface area contributed by atoms with Crippen LogP contribution in [0.3, 0.4) is 0 Å². The second kappa shape index (κ2) is 5.23. The van der Waals surface area contributed by atoms with Crippen LogP contribution in [0, 0.1) is 0 Å². The Balaban J connectivity index is 2.36. The van der Waals surface area contributed by atoms with E-state index >= 15 is 0 Å². The van der Waals surface area contributed by atoms with E-state index in [-0.39, 0.29) is 6.04 Å². The Kier molecular flexibility index (Phi) is 3.69. The first-order valence-electron chi connectivity index (χ1n) is 6.25. The maximum atomic E-state index is 6.09. The molecule has 3 N–H and O–H groups in total. The summed E-state index contributed by atoms with van der Waals surface area (Å²) in [5, 5.41) is 1.17. The molecule has 0 spiro atoms. The van der Waals surface area contributed by atoms with E-state index in [4.69, 9.17) is 10.5 Å². The van der Waals surface area contributed by atoms with E-state index < -0.39 is 0 Å². The predicted molar refractivity (Wildman–Crippen MR) is 71.3 cm³/mol. The number of fused-ring (bicyclic) bond motifs is 1. The van der Waals surface area contributed by atoms with Crippen molar-refractivity contribution in [2.75, 3.05) is 6.61 Å². The smallest absolute Gasteiger partial charge is 0.120 e. The van der Waals surface area contributed by atoms with Crippen molar-refractivity contribution in [3.63, 3.8) is 0 Å². The van der Waals surface area contributed by atoms with Crippen LogP contribution in [0.15, 0.2) is 24.4 Å². The molecule has 0 amide bonds. The lowest BCUT2D eigenvalue weighted by atomic mass is 10.0. The van der Waals surface area contributed by atoms with Gasteiger partial charge in [0.1, 0.15) is 5.75 Å². The van der Waals surface area contributed by atoms with E-state index in [1.54, 1.807) is 0 Å².